The van der Waals surface area contributed by atoms with Crippen molar-refractivity contribution in [3.8, 4) is 0 Å². The van der Waals surface area contributed by atoms with Gasteiger partial charge in [0.05, 0.1) is 13.2 Å². The molecule has 1 atom stereocenters. The lowest BCUT2D eigenvalue weighted by atomic mass is 10.0. The van der Waals surface area contributed by atoms with Crippen molar-refractivity contribution in [1.82, 2.24) is 5.32 Å². The van der Waals surface area contributed by atoms with Gasteiger partial charge in [0.2, 0.25) is 11.8 Å². The van der Waals surface area contributed by atoms with E-state index in [0.717, 1.165) is 0 Å². The van der Waals surface area contributed by atoms with Crippen LogP contribution in [0.25, 0.3) is 0 Å². The van der Waals surface area contributed by atoms with Crippen molar-refractivity contribution in [2.45, 2.75) is 12.5 Å². The Morgan fingerprint density at radius 2 is 2.00 bits per heavy atom. The molecule has 3 N–H and O–H groups in total. The molecule has 2 amide bonds. The molecule has 0 spiro atoms. The van der Waals surface area contributed by atoms with E-state index in [1.165, 1.54) is 0 Å². The lowest BCUT2D eigenvalue weighted by Crippen LogP contribution is -2.40. The number of ether oxygens (including phenoxy) is 1. The van der Waals surface area contributed by atoms with Crippen LogP contribution in [0.3, 0.4) is 0 Å². The Kier molecular flexibility index (Phi) is 3.94. The van der Waals surface area contributed by atoms with Crippen molar-refractivity contribution in [3.05, 3.63) is 35.9 Å². The van der Waals surface area contributed by atoms with E-state index in [1.807, 2.05) is 6.07 Å². The van der Waals surface area contributed by atoms with Gasteiger partial charge in [0, 0.05) is 12.3 Å². The number of primary amides is 1. The predicted octanol–water partition coefficient (Wildman–Crippen LogP) is 0.366. The van der Waals surface area contributed by atoms with Gasteiger partial charge in [-0.1, -0.05) is 30.3 Å². The minimum atomic E-state index is -0.764. The Labute approximate surface area is 105 Å². The molecule has 5 nitrogen and oxygen atoms in total. The fourth-order valence-corrected chi connectivity index (χ4v) is 1.85. The zero-order chi connectivity index (χ0) is 13.0. The summed E-state index contributed by atoms with van der Waals surface area (Å²) in [6.45, 7) is 1.22. The highest BCUT2D eigenvalue weighted by Crippen LogP contribution is 2.16. The van der Waals surface area contributed by atoms with Crippen molar-refractivity contribution >= 4 is 11.8 Å². The SMILES string of the molecule is NC(=O)C(NC(=O)CC1COC1)c1ccccc1. The first-order chi connectivity index (χ1) is 8.66. The molecule has 1 aromatic rings. The van der Waals surface area contributed by atoms with Crippen LogP contribution in [0.5, 0.6) is 0 Å². The molecule has 0 radical (unpaired) electrons. The molecule has 1 aliphatic rings. The van der Waals surface area contributed by atoms with E-state index in [4.69, 9.17) is 10.5 Å². The number of amides is 2. The average Bonchev–Trinajstić information content (AvgIpc) is 2.31. The van der Waals surface area contributed by atoms with Crippen LogP contribution in [-0.4, -0.2) is 25.0 Å². The Morgan fingerprint density at radius 3 is 2.50 bits per heavy atom. The molecule has 1 aliphatic heterocycles. The number of hydrogen-bond donors (Lipinski definition) is 2. The van der Waals surface area contributed by atoms with Crippen molar-refractivity contribution in [3.63, 3.8) is 0 Å². The lowest BCUT2D eigenvalue weighted by Gasteiger charge is -2.26. The second-order valence-corrected chi connectivity index (χ2v) is 4.42. The second-order valence-electron chi connectivity index (χ2n) is 4.42. The maximum Gasteiger partial charge on any atom is 0.244 e. The third-order valence-electron chi connectivity index (χ3n) is 2.90. The van der Waals surface area contributed by atoms with E-state index < -0.39 is 11.9 Å². The maximum atomic E-state index is 11.8. The van der Waals surface area contributed by atoms with E-state index in [9.17, 15) is 9.59 Å². The molecule has 0 aliphatic carbocycles. The average molecular weight is 248 g/mol. The fourth-order valence-electron chi connectivity index (χ4n) is 1.85. The van der Waals surface area contributed by atoms with Gasteiger partial charge in [0.25, 0.3) is 0 Å². The van der Waals surface area contributed by atoms with Gasteiger partial charge < -0.3 is 15.8 Å². The number of nitrogens with one attached hydrogen (secondary N) is 1. The number of rotatable bonds is 5. The lowest BCUT2D eigenvalue weighted by molar-refractivity contribution is -0.131. The summed E-state index contributed by atoms with van der Waals surface area (Å²) in [5.74, 6) is -0.468. The van der Waals surface area contributed by atoms with Crippen LogP contribution in [0.2, 0.25) is 0 Å². The quantitative estimate of drug-likeness (QED) is 0.789. The minimum Gasteiger partial charge on any atom is -0.381 e. The molecule has 0 bridgehead atoms. The van der Waals surface area contributed by atoms with E-state index in [-0.39, 0.29) is 11.8 Å². The molecular weight excluding hydrogens is 232 g/mol. The summed E-state index contributed by atoms with van der Waals surface area (Å²) < 4.78 is 5.00. The molecular formula is C13H16N2O3. The van der Waals surface area contributed by atoms with Crippen molar-refractivity contribution in [2.24, 2.45) is 11.7 Å². The molecule has 1 unspecified atom stereocenters. The van der Waals surface area contributed by atoms with Gasteiger partial charge in [-0.05, 0) is 5.56 Å². The monoisotopic (exact) mass is 248 g/mol. The van der Waals surface area contributed by atoms with Crippen LogP contribution in [0.15, 0.2) is 30.3 Å². The van der Waals surface area contributed by atoms with Gasteiger partial charge in [0.1, 0.15) is 6.04 Å². The summed E-state index contributed by atoms with van der Waals surface area (Å²) in [6, 6.07) is 8.22. The van der Waals surface area contributed by atoms with Crippen LogP contribution in [0.4, 0.5) is 0 Å². The smallest absolute Gasteiger partial charge is 0.244 e. The first kappa shape index (κ1) is 12.6. The number of nitrogens with two attached hydrogens (primary N) is 1. The third kappa shape index (κ3) is 3.07. The zero-order valence-corrected chi connectivity index (χ0v) is 9.96. The minimum absolute atomic E-state index is 0.170. The highest BCUT2D eigenvalue weighted by atomic mass is 16.5. The standard InChI is InChI=1S/C13H16N2O3/c14-13(17)12(10-4-2-1-3-5-10)15-11(16)6-9-7-18-8-9/h1-5,9,12H,6-8H2,(H2,14,17)(H,15,16). The van der Waals surface area contributed by atoms with E-state index in [1.54, 1.807) is 24.3 Å². The molecule has 1 saturated heterocycles. The fraction of sp³-hybridized carbons (Fsp3) is 0.385. The van der Waals surface area contributed by atoms with Crippen LogP contribution in [-0.2, 0) is 14.3 Å². The first-order valence-corrected chi connectivity index (χ1v) is 5.88. The van der Waals surface area contributed by atoms with Gasteiger partial charge in [-0.3, -0.25) is 9.59 Å². The molecule has 96 valence electrons. The van der Waals surface area contributed by atoms with E-state index in [0.29, 0.717) is 25.2 Å². The number of hydrogen-bond acceptors (Lipinski definition) is 3. The van der Waals surface area contributed by atoms with Crippen LogP contribution >= 0.6 is 0 Å². The molecule has 0 aromatic heterocycles. The van der Waals surface area contributed by atoms with E-state index in [2.05, 4.69) is 5.32 Å². The maximum absolute atomic E-state index is 11.8. The van der Waals surface area contributed by atoms with Crippen LogP contribution in [0, 0.1) is 5.92 Å². The summed E-state index contributed by atoms with van der Waals surface area (Å²) in [4.78, 5) is 23.1. The Hall–Kier alpha value is -1.88. The molecule has 2 rings (SSSR count). The highest BCUT2D eigenvalue weighted by Gasteiger charge is 2.25. The molecule has 5 heteroatoms. The Morgan fingerprint density at radius 1 is 1.33 bits per heavy atom. The summed E-state index contributed by atoms with van der Waals surface area (Å²) in [5.41, 5.74) is 6.01. The normalized spacial score (nSPS) is 16.7. The first-order valence-electron chi connectivity index (χ1n) is 5.88. The summed E-state index contributed by atoms with van der Waals surface area (Å²) in [7, 11) is 0. The number of carbonyl (C=O) groups excluding carboxylic acids is 2. The van der Waals surface area contributed by atoms with Gasteiger partial charge >= 0.3 is 0 Å². The second kappa shape index (κ2) is 5.64. The number of carbonyl (C=O) groups is 2. The van der Waals surface area contributed by atoms with Crippen LogP contribution in [0.1, 0.15) is 18.0 Å². The summed E-state index contributed by atoms with van der Waals surface area (Å²) in [5, 5.41) is 2.66. The summed E-state index contributed by atoms with van der Waals surface area (Å²) in [6.07, 6.45) is 0.372. The Bertz CT molecular complexity index is 429. The Balaban J connectivity index is 1.98. The zero-order valence-electron chi connectivity index (χ0n) is 9.96. The van der Waals surface area contributed by atoms with E-state index >= 15 is 0 Å². The highest BCUT2D eigenvalue weighted by molar-refractivity contribution is 5.87. The van der Waals surface area contributed by atoms with Crippen molar-refractivity contribution < 1.29 is 14.3 Å². The molecule has 0 saturated carbocycles. The number of benzene rings is 1. The topological polar surface area (TPSA) is 81.4 Å². The molecule has 1 aromatic carbocycles. The van der Waals surface area contributed by atoms with Crippen molar-refractivity contribution in [1.29, 1.82) is 0 Å². The van der Waals surface area contributed by atoms with Gasteiger partial charge in [-0.15, -0.1) is 0 Å². The molecule has 1 fully saturated rings. The van der Waals surface area contributed by atoms with Gasteiger partial charge in [-0.2, -0.15) is 0 Å². The largest absolute Gasteiger partial charge is 0.381 e. The molecule has 1 heterocycles. The van der Waals surface area contributed by atoms with Gasteiger partial charge in [-0.25, -0.2) is 0 Å². The third-order valence-corrected chi connectivity index (χ3v) is 2.90. The summed E-state index contributed by atoms with van der Waals surface area (Å²) >= 11 is 0. The van der Waals surface area contributed by atoms with Crippen LogP contribution < -0.4 is 11.1 Å². The van der Waals surface area contributed by atoms with Gasteiger partial charge in [0.15, 0.2) is 0 Å². The molecule has 18 heavy (non-hydrogen) atoms. The van der Waals surface area contributed by atoms with Crippen molar-refractivity contribution in [2.75, 3.05) is 13.2 Å². The predicted molar refractivity (Wildman–Crippen MR) is 65.4 cm³/mol.